The van der Waals surface area contributed by atoms with Crippen molar-refractivity contribution >= 4 is 38.9 Å². The molecule has 2 aromatic carbocycles. The van der Waals surface area contributed by atoms with Gasteiger partial charge < -0.3 is 14.6 Å². The van der Waals surface area contributed by atoms with Crippen molar-refractivity contribution < 1.29 is 4.42 Å². The van der Waals surface area contributed by atoms with Gasteiger partial charge in [0.15, 0.2) is 5.11 Å². The van der Waals surface area contributed by atoms with E-state index in [1.54, 1.807) is 0 Å². The Hall–Kier alpha value is -2.96. The smallest absolute Gasteiger partial charge is 0.174 e. The fourth-order valence-corrected chi connectivity index (χ4v) is 4.69. The summed E-state index contributed by atoms with van der Waals surface area (Å²) in [5.41, 5.74) is 5.46. The van der Waals surface area contributed by atoms with Crippen molar-refractivity contribution in [1.29, 1.82) is 0 Å². The van der Waals surface area contributed by atoms with Crippen LogP contribution >= 0.6 is 28.1 Å². The molecule has 0 bridgehead atoms. The van der Waals surface area contributed by atoms with Crippen LogP contribution < -0.4 is 10.2 Å². The van der Waals surface area contributed by atoms with Crippen LogP contribution in [0.5, 0.6) is 0 Å². The number of furan rings is 1. The maximum atomic E-state index is 6.41. The van der Waals surface area contributed by atoms with Gasteiger partial charge in [-0.1, -0.05) is 40.2 Å². The molecule has 0 saturated carbocycles. The van der Waals surface area contributed by atoms with E-state index in [1.165, 1.54) is 11.1 Å². The average molecular weight is 504 g/mol. The first kappa shape index (κ1) is 20.9. The summed E-state index contributed by atoms with van der Waals surface area (Å²) in [6.45, 7) is 4.24. The molecular formula is C26H22BrN3OS. The molecule has 1 saturated heterocycles. The molecule has 2 unspecified atom stereocenters. The molecule has 2 aromatic heterocycles. The molecule has 5 rings (SSSR count). The molecule has 0 radical (unpaired) electrons. The zero-order valence-corrected chi connectivity index (χ0v) is 20.2. The third-order valence-electron chi connectivity index (χ3n) is 5.91. The van der Waals surface area contributed by atoms with Gasteiger partial charge in [0.05, 0.1) is 11.7 Å². The van der Waals surface area contributed by atoms with E-state index >= 15 is 0 Å². The highest BCUT2D eigenvalue weighted by molar-refractivity contribution is 9.10. The van der Waals surface area contributed by atoms with Crippen LogP contribution in [0.1, 0.15) is 34.7 Å². The van der Waals surface area contributed by atoms with Crippen LogP contribution in [0.25, 0.3) is 11.3 Å². The van der Waals surface area contributed by atoms with E-state index in [0.717, 1.165) is 32.9 Å². The third kappa shape index (κ3) is 3.85. The van der Waals surface area contributed by atoms with E-state index in [0.29, 0.717) is 5.11 Å². The van der Waals surface area contributed by atoms with Crippen LogP contribution in [0.2, 0.25) is 0 Å². The number of halogens is 1. The second-order valence-electron chi connectivity index (χ2n) is 7.97. The predicted octanol–water partition coefficient (Wildman–Crippen LogP) is 6.90. The minimum absolute atomic E-state index is 0.130. The largest absolute Gasteiger partial charge is 0.459 e. The Morgan fingerprint density at radius 1 is 0.969 bits per heavy atom. The van der Waals surface area contributed by atoms with Gasteiger partial charge in [0, 0.05) is 21.9 Å². The number of pyridine rings is 1. The second kappa shape index (κ2) is 8.52. The Morgan fingerprint density at radius 3 is 2.50 bits per heavy atom. The van der Waals surface area contributed by atoms with E-state index in [-0.39, 0.29) is 12.1 Å². The van der Waals surface area contributed by atoms with E-state index in [4.69, 9.17) is 16.6 Å². The Kier molecular flexibility index (Phi) is 5.57. The highest BCUT2D eigenvalue weighted by Gasteiger charge is 2.42. The summed E-state index contributed by atoms with van der Waals surface area (Å²) < 4.78 is 7.45. The zero-order valence-electron chi connectivity index (χ0n) is 17.7. The lowest BCUT2D eigenvalue weighted by Gasteiger charge is -2.26. The summed E-state index contributed by atoms with van der Waals surface area (Å²) in [5.74, 6) is 1.66. The van der Waals surface area contributed by atoms with Crippen LogP contribution in [0.15, 0.2) is 87.9 Å². The summed E-state index contributed by atoms with van der Waals surface area (Å²) in [7, 11) is 0. The second-order valence-corrected chi connectivity index (χ2v) is 9.28. The third-order valence-corrected chi connectivity index (χ3v) is 6.76. The summed E-state index contributed by atoms with van der Waals surface area (Å²) in [4.78, 5) is 6.75. The van der Waals surface area contributed by atoms with Gasteiger partial charge in [0.2, 0.25) is 0 Å². The van der Waals surface area contributed by atoms with E-state index < -0.39 is 0 Å². The van der Waals surface area contributed by atoms with Gasteiger partial charge in [-0.2, -0.15) is 0 Å². The monoisotopic (exact) mass is 503 g/mol. The lowest BCUT2D eigenvalue weighted by Crippen LogP contribution is -2.29. The zero-order chi connectivity index (χ0) is 22.2. The van der Waals surface area contributed by atoms with Crippen molar-refractivity contribution in [1.82, 2.24) is 10.3 Å². The van der Waals surface area contributed by atoms with Gasteiger partial charge in [-0.15, -0.1) is 0 Å². The van der Waals surface area contributed by atoms with Gasteiger partial charge in [0.1, 0.15) is 17.6 Å². The van der Waals surface area contributed by atoms with Crippen LogP contribution in [0, 0.1) is 13.8 Å². The van der Waals surface area contributed by atoms with Gasteiger partial charge in [-0.3, -0.25) is 4.98 Å². The van der Waals surface area contributed by atoms with Crippen LogP contribution in [-0.2, 0) is 0 Å². The molecule has 3 heterocycles. The van der Waals surface area contributed by atoms with Gasteiger partial charge in [-0.25, -0.2) is 0 Å². The normalized spacial score (nSPS) is 18.1. The molecule has 1 aliphatic rings. The van der Waals surface area contributed by atoms with Crippen LogP contribution in [0.4, 0.5) is 5.69 Å². The average Bonchev–Trinajstić information content (AvgIpc) is 3.41. The quantitative estimate of drug-likeness (QED) is 0.306. The number of hydrogen-bond acceptors (Lipinski definition) is 3. The van der Waals surface area contributed by atoms with Gasteiger partial charge in [-0.05, 0) is 85.7 Å². The fourth-order valence-electron chi connectivity index (χ4n) is 4.08. The van der Waals surface area contributed by atoms with Crippen LogP contribution in [0.3, 0.4) is 0 Å². The standard InChI is InChI=1S/C26H22BrN3OS/c1-16-6-11-20(15-17(16)2)30-25(24(29-26(30)32)21-5-3-4-14-28-21)23-13-12-22(31-23)18-7-9-19(27)10-8-18/h3-15,24-25H,1-2H3,(H,29,32). The first-order chi connectivity index (χ1) is 15.5. The lowest BCUT2D eigenvalue weighted by molar-refractivity contribution is 0.439. The topological polar surface area (TPSA) is 41.3 Å². The van der Waals surface area contributed by atoms with E-state index in [2.05, 4.69) is 63.2 Å². The molecule has 4 aromatic rings. The minimum Gasteiger partial charge on any atom is -0.459 e. The van der Waals surface area contributed by atoms with E-state index in [1.807, 2.05) is 60.8 Å². The minimum atomic E-state index is -0.163. The van der Waals surface area contributed by atoms with Crippen molar-refractivity contribution in [2.45, 2.75) is 25.9 Å². The number of nitrogens with zero attached hydrogens (tertiary/aromatic N) is 2. The Bertz CT molecular complexity index is 1270. The maximum absolute atomic E-state index is 6.41. The molecule has 1 aliphatic heterocycles. The van der Waals surface area contributed by atoms with E-state index in [9.17, 15) is 0 Å². The van der Waals surface area contributed by atoms with Gasteiger partial charge in [0.25, 0.3) is 0 Å². The molecule has 1 N–H and O–H groups in total. The molecule has 2 atom stereocenters. The predicted molar refractivity (Wildman–Crippen MR) is 136 cm³/mol. The highest BCUT2D eigenvalue weighted by Crippen LogP contribution is 2.43. The number of hydrogen-bond donors (Lipinski definition) is 1. The Morgan fingerprint density at radius 2 is 1.78 bits per heavy atom. The van der Waals surface area contributed by atoms with Crippen LogP contribution in [-0.4, -0.2) is 10.1 Å². The summed E-state index contributed by atoms with van der Waals surface area (Å²) in [5, 5.41) is 4.15. The molecular weight excluding hydrogens is 482 g/mol. The number of aryl methyl sites for hydroxylation is 2. The summed E-state index contributed by atoms with van der Waals surface area (Å²) in [6.07, 6.45) is 1.81. The number of thiocarbonyl (C=S) groups is 1. The molecule has 1 fully saturated rings. The molecule has 32 heavy (non-hydrogen) atoms. The Balaban J connectivity index is 1.60. The highest BCUT2D eigenvalue weighted by atomic mass is 79.9. The number of anilines is 1. The first-order valence-corrected chi connectivity index (χ1v) is 11.6. The molecule has 0 amide bonds. The number of benzene rings is 2. The van der Waals surface area contributed by atoms with Crippen molar-refractivity contribution in [3.63, 3.8) is 0 Å². The first-order valence-electron chi connectivity index (χ1n) is 10.4. The SMILES string of the molecule is Cc1ccc(N2C(=S)NC(c3ccccn3)C2c2ccc(-c3ccc(Br)cc3)o2)cc1C. The van der Waals surface area contributed by atoms with Crippen molar-refractivity contribution in [3.05, 3.63) is 106 Å². The van der Waals surface area contributed by atoms with Crippen molar-refractivity contribution in [2.75, 3.05) is 4.90 Å². The Labute approximate surface area is 201 Å². The molecule has 160 valence electrons. The molecule has 4 nitrogen and oxygen atoms in total. The fraction of sp³-hybridized carbons (Fsp3) is 0.154. The lowest BCUT2D eigenvalue weighted by atomic mass is 10.0. The van der Waals surface area contributed by atoms with Crippen molar-refractivity contribution in [3.8, 4) is 11.3 Å². The summed E-state index contributed by atoms with van der Waals surface area (Å²) >= 11 is 9.30. The number of aromatic nitrogens is 1. The summed E-state index contributed by atoms with van der Waals surface area (Å²) in [6, 6.07) is 24.3. The molecule has 6 heteroatoms. The molecule has 0 aliphatic carbocycles. The van der Waals surface area contributed by atoms with Gasteiger partial charge >= 0.3 is 0 Å². The van der Waals surface area contributed by atoms with Crippen molar-refractivity contribution in [2.24, 2.45) is 0 Å². The number of rotatable bonds is 4. The maximum Gasteiger partial charge on any atom is 0.174 e. The molecule has 0 spiro atoms. The number of nitrogens with one attached hydrogen (secondary N) is 1.